The summed E-state index contributed by atoms with van der Waals surface area (Å²) in [4.78, 5) is 16.2. The van der Waals surface area contributed by atoms with E-state index < -0.39 is 15.9 Å². The summed E-state index contributed by atoms with van der Waals surface area (Å²) in [5.41, 5.74) is 1.98. The summed E-state index contributed by atoms with van der Waals surface area (Å²) in [5.74, 6) is -0.878. The molecule has 1 N–H and O–H groups in total. The first kappa shape index (κ1) is 19.9. The molecular weight excluding hydrogens is 380 g/mol. The van der Waals surface area contributed by atoms with Gasteiger partial charge < -0.3 is 4.90 Å². The number of carbonyl (C=O) groups excluding carboxylic acids is 1. The smallest absolute Gasteiger partial charge is 0.266 e. The first-order valence-corrected chi connectivity index (χ1v) is 10.6. The Hall–Kier alpha value is -1.42. The molecule has 0 radical (unpaired) electrons. The summed E-state index contributed by atoms with van der Waals surface area (Å²) in [6.07, 6.45) is 1.73. The zero-order valence-electron chi connectivity index (χ0n) is 14.0. The molecular formula is C16H20N2O4S3. The molecule has 1 fully saturated rings. The first-order valence-electron chi connectivity index (χ1n) is 7.80. The zero-order valence-corrected chi connectivity index (χ0v) is 16.5. The Morgan fingerprint density at radius 2 is 1.84 bits per heavy atom. The van der Waals surface area contributed by atoms with E-state index in [0.29, 0.717) is 9.23 Å². The second kappa shape index (κ2) is 8.31. The maximum absolute atomic E-state index is 12.4. The number of nitrogens with zero attached hydrogens (tertiary/aromatic N) is 2. The number of thioether (sulfide) groups is 1. The van der Waals surface area contributed by atoms with Crippen LogP contribution in [0.1, 0.15) is 19.4 Å². The van der Waals surface area contributed by atoms with Crippen molar-refractivity contribution in [2.75, 3.05) is 30.3 Å². The van der Waals surface area contributed by atoms with Gasteiger partial charge in [0.05, 0.1) is 10.7 Å². The molecule has 0 bridgehead atoms. The van der Waals surface area contributed by atoms with Crippen LogP contribution in [-0.4, -0.2) is 53.5 Å². The molecule has 6 nitrogen and oxygen atoms in total. The number of rotatable bonds is 7. The number of hydrogen-bond acceptors (Lipinski definition) is 6. The van der Waals surface area contributed by atoms with Crippen LogP contribution in [0, 0.1) is 0 Å². The third-order valence-corrected chi connectivity index (χ3v) is 5.84. The molecule has 1 aromatic carbocycles. The fourth-order valence-electron chi connectivity index (χ4n) is 2.42. The Balaban J connectivity index is 2.13. The minimum atomic E-state index is -4.14. The largest absolute Gasteiger partial charge is 0.372 e. The minimum Gasteiger partial charge on any atom is -0.372 e. The van der Waals surface area contributed by atoms with E-state index in [2.05, 4.69) is 18.7 Å². The van der Waals surface area contributed by atoms with E-state index in [1.165, 1.54) is 4.90 Å². The fourth-order valence-corrected chi connectivity index (χ4v) is 4.14. The van der Waals surface area contributed by atoms with Crippen molar-refractivity contribution in [2.45, 2.75) is 13.8 Å². The van der Waals surface area contributed by atoms with Crippen molar-refractivity contribution in [3.63, 3.8) is 0 Å². The van der Waals surface area contributed by atoms with E-state index in [1.54, 1.807) is 6.08 Å². The van der Waals surface area contributed by atoms with Gasteiger partial charge in [-0.1, -0.05) is 36.1 Å². The second-order valence-corrected chi connectivity index (χ2v) is 8.63. The van der Waals surface area contributed by atoms with Crippen molar-refractivity contribution in [1.82, 2.24) is 4.90 Å². The third kappa shape index (κ3) is 5.27. The highest BCUT2D eigenvalue weighted by molar-refractivity contribution is 8.26. The van der Waals surface area contributed by atoms with Crippen LogP contribution >= 0.6 is 24.0 Å². The lowest BCUT2D eigenvalue weighted by Crippen LogP contribution is -2.32. The van der Waals surface area contributed by atoms with Gasteiger partial charge in [-0.05, 0) is 37.6 Å². The molecule has 9 heteroatoms. The van der Waals surface area contributed by atoms with Crippen LogP contribution in [-0.2, 0) is 14.9 Å². The Morgan fingerprint density at radius 3 is 2.36 bits per heavy atom. The van der Waals surface area contributed by atoms with Gasteiger partial charge >= 0.3 is 0 Å². The van der Waals surface area contributed by atoms with Crippen molar-refractivity contribution in [3.05, 3.63) is 34.7 Å². The fraction of sp³-hybridized carbons (Fsp3) is 0.375. The van der Waals surface area contributed by atoms with E-state index in [9.17, 15) is 13.2 Å². The summed E-state index contributed by atoms with van der Waals surface area (Å²) in [6, 6.07) is 7.85. The molecule has 0 atom stereocenters. The number of hydrogen-bond donors (Lipinski definition) is 1. The van der Waals surface area contributed by atoms with Crippen molar-refractivity contribution >= 4 is 56.1 Å². The van der Waals surface area contributed by atoms with Gasteiger partial charge in [-0.2, -0.15) is 8.42 Å². The molecule has 0 unspecified atom stereocenters. The standard InChI is InChI=1S/C16H20N2O4S3/c1-3-17(4-2)13-7-5-12(6-8-13)11-14-15(19)18(16(23)24-14)9-10-25(20,21)22/h5-8,11H,3-4,9-10H2,1-2H3,(H,20,21,22). The number of benzene rings is 1. The second-order valence-electron chi connectivity index (χ2n) is 5.38. The Kier molecular flexibility index (Phi) is 6.61. The Bertz CT molecular complexity index is 784. The average Bonchev–Trinajstić information content (AvgIpc) is 2.81. The van der Waals surface area contributed by atoms with Gasteiger partial charge in [0.1, 0.15) is 4.32 Å². The zero-order chi connectivity index (χ0) is 18.6. The third-order valence-electron chi connectivity index (χ3n) is 3.77. The van der Waals surface area contributed by atoms with Crippen molar-refractivity contribution in [2.24, 2.45) is 0 Å². The van der Waals surface area contributed by atoms with Crippen molar-refractivity contribution in [1.29, 1.82) is 0 Å². The van der Waals surface area contributed by atoms with E-state index in [0.717, 1.165) is 36.1 Å². The van der Waals surface area contributed by atoms with Crippen LogP contribution in [0.4, 0.5) is 5.69 Å². The maximum Gasteiger partial charge on any atom is 0.266 e. The van der Waals surface area contributed by atoms with E-state index >= 15 is 0 Å². The first-order chi connectivity index (χ1) is 11.7. The number of carbonyl (C=O) groups is 1. The topological polar surface area (TPSA) is 77.9 Å². The number of amides is 1. The summed E-state index contributed by atoms with van der Waals surface area (Å²) >= 11 is 6.26. The molecule has 1 amide bonds. The number of anilines is 1. The van der Waals surface area contributed by atoms with Gasteiger partial charge in [0.25, 0.3) is 16.0 Å². The predicted octanol–water partition coefficient (Wildman–Crippen LogP) is 2.62. The van der Waals surface area contributed by atoms with Crippen LogP contribution in [0.15, 0.2) is 29.2 Å². The van der Waals surface area contributed by atoms with Gasteiger partial charge in [-0.3, -0.25) is 14.2 Å². The molecule has 25 heavy (non-hydrogen) atoms. The van der Waals surface area contributed by atoms with Gasteiger partial charge in [0.2, 0.25) is 0 Å². The van der Waals surface area contributed by atoms with Crippen LogP contribution in [0.3, 0.4) is 0 Å². The summed E-state index contributed by atoms with van der Waals surface area (Å²) in [6.45, 7) is 5.87. The lowest BCUT2D eigenvalue weighted by molar-refractivity contribution is -0.121. The molecule has 2 rings (SSSR count). The lowest BCUT2D eigenvalue weighted by atomic mass is 10.1. The summed E-state index contributed by atoms with van der Waals surface area (Å²) in [7, 11) is -4.14. The SMILES string of the molecule is CCN(CC)c1ccc(C=C2SC(=S)N(CCS(=O)(=O)O)C2=O)cc1. The van der Waals surface area contributed by atoms with E-state index in [1.807, 2.05) is 24.3 Å². The van der Waals surface area contributed by atoms with Crippen molar-refractivity contribution in [3.8, 4) is 0 Å². The molecule has 0 aliphatic carbocycles. The molecule has 1 heterocycles. The lowest BCUT2D eigenvalue weighted by Gasteiger charge is -2.20. The molecule has 1 aliphatic rings. The molecule has 1 saturated heterocycles. The van der Waals surface area contributed by atoms with Crippen LogP contribution < -0.4 is 4.90 Å². The van der Waals surface area contributed by atoms with Gasteiger partial charge in [-0.25, -0.2) is 0 Å². The predicted molar refractivity (Wildman–Crippen MR) is 106 cm³/mol. The van der Waals surface area contributed by atoms with Crippen LogP contribution in [0.5, 0.6) is 0 Å². The van der Waals surface area contributed by atoms with E-state index in [-0.39, 0.29) is 12.5 Å². The summed E-state index contributed by atoms with van der Waals surface area (Å²) in [5, 5.41) is 0. The molecule has 136 valence electrons. The minimum absolute atomic E-state index is 0.151. The van der Waals surface area contributed by atoms with Gasteiger partial charge in [-0.15, -0.1) is 0 Å². The van der Waals surface area contributed by atoms with Crippen molar-refractivity contribution < 1.29 is 17.8 Å². The quantitative estimate of drug-likeness (QED) is 0.428. The maximum atomic E-state index is 12.4. The monoisotopic (exact) mass is 400 g/mol. The normalized spacial score (nSPS) is 16.8. The highest BCUT2D eigenvalue weighted by Gasteiger charge is 2.32. The summed E-state index contributed by atoms with van der Waals surface area (Å²) < 4.78 is 30.8. The molecule has 0 aromatic heterocycles. The van der Waals surface area contributed by atoms with Gasteiger partial charge in [0.15, 0.2) is 0 Å². The highest BCUT2D eigenvalue weighted by Crippen LogP contribution is 2.32. The molecule has 0 saturated carbocycles. The molecule has 1 aliphatic heterocycles. The average molecular weight is 401 g/mol. The Morgan fingerprint density at radius 1 is 1.24 bits per heavy atom. The van der Waals surface area contributed by atoms with Crippen LogP contribution in [0.25, 0.3) is 6.08 Å². The molecule has 1 aromatic rings. The Labute approximate surface area is 157 Å². The van der Waals surface area contributed by atoms with E-state index in [4.69, 9.17) is 16.8 Å². The van der Waals surface area contributed by atoms with Crippen LogP contribution in [0.2, 0.25) is 0 Å². The van der Waals surface area contributed by atoms with Gasteiger partial charge in [0, 0.05) is 25.3 Å². The highest BCUT2D eigenvalue weighted by atomic mass is 32.2. The number of thiocarbonyl (C=S) groups is 1. The molecule has 0 spiro atoms.